The summed E-state index contributed by atoms with van der Waals surface area (Å²) in [4.78, 5) is 0. The molecule has 4 N–H and O–H groups in total. The summed E-state index contributed by atoms with van der Waals surface area (Å²) in [6.45, 7) is -0.440. The lowest BCUT2D eigenvalue weighted by molar-refractivity contribution is -0.290. The summed E-state index contributed by atoms with van der Waals surface area (Å²) in [5.74, 6) is 0. The minimum Gasteiger partial charge on any atom is -0.394 e. The highest BCUT2D eigenvalue weighted by Gasteiger charge is 2.43. The molecule has 6 nitrogen and oxygen atoms in total. The largest absolute Gasteiger partial charge is 0.394 e. The predicted molar refractivity (Wildman–Crippen MR) is 40.8 cm³/mol. The van der Waals surface area contributed by atoms with Crippen LogP contribution >= 0.6 is 0 Å². The van der Waals surface area contributed by atoms with E-state index in [2.05, 4.69) is 0 Å². The number of aliphatic hydroxyl groups is 4. The van der Waals surface area contributed by atoms with Gasteiger partial charge in [0.25, 0.3) is 0 Å². The predicted octanol–water partition coefficient (Wildman–Crippen LogP) is -2.57. The van der Waals surface area contributed by atoms with E-state index in [-0.39, 0.29) is 0 Å². The Kier molecular flexibility index (Phi) is 3.60. The Labute approximate surface area is 75.3 Å². The third kappa shape index (κ3) is 1.98. The lowest BCUT2D eigenvalue weighted by Crippen LogP contribution is -2.59. The van der Waals surface area contributed by atoms with Crippen LogP contribution in [0.4, 0.5) is 0 Å². The Bertz CT molecular complexity index is 163. The van der Waals surface area contributed by atoms with Gasteiger partial charge in [0.15, 0.2) is 6.29 Å². The minimum atomic E-state index is -1.44. The van der Waals surface area contributed by atoms with Gasteiger partial charge < -0.3 is 29.9 Å². The average molecular weight is 194 g/mol. The molecular weight excluding hydrogens is 180 g/mol. The summed E-state index contributed by atoms with van der Waals surface area (Å²) in [5, 5.41) is 36.6. The van der Waals surface area contributed by atoms with Crippen LogP contribution in [0.3, 0.4) is 0 Å². The summed E-state index contributed by atoms with van der Waals surface area (Å²) in [6.07, 6.45) is -5.76. The fraction of sp³-hybridized carbons (Fsp3) is 1.00. The summed E-state index contributed by atoms with van der Waals surface area (Å²) < 4.78 is 9.48. The molecule has 1 aliphatic heterocycles. The van der Waals surface area contributed by atoms with Crippen LogP contribution in [0.25, 0.3) is 0 Å². The maximum Gasteiger partial charge on any atom is 0.184 e. The van der Waals surface area contributed by atoms with Crippen molar-refractivity contribution in [2.75, 3.05) is 13.7 Å². The number of hydrogen-bond acceptors (Lipinski definition) is 6. The van der Waals surface area contributed by atoms with Crippen LogP contribution in [0.5, 0.6) is 0 Å². The van der Waals surface area contributed by atoms with Crippen LogP contribution in [0.15, 0.2) is 0 Å². The normalized spacial score (nSPS) is 46.4. The van der Waals surface area contributed by atoms with E-state index >= 15 is 0 Å². The smallest absolute Gasteiger partial charge is 0.184 e. The second kappa shape index (κ2) is 4.32. The molecule has 2 unspecified atom stereocenters. The summed E-state index contributed by atoms with van der Waals surface area (Å²) >= 11 is 0. The highest BCUT2D eigenvalue weighted by atomic mass is 16.6. The van der Waals surface area contributed by atoms with E-state index in [1.807, 2.05) is 0 Å². The van der Waals surface area contributed by atoms with Crippen molar-refractivity contribution in [3.63, 3.8) is 0 Å². The first-order valence-corrected chi connectivity index (χ1v) is 3.95. The van der Waals surface area contributed by atoms with E-state index in [9.17, 15) is 10.2 Å². The first-order chi connectivity index (χ1) is 6.11. The van der Waals surface area contributed by atoms with Gasteiger partial charge in [-0.2, -0.15) is 0 Å². The van der Waals surface area contributed by atoms with Gasteiger partial charge in [-0.05, 0) is 0 Å². The molecule has 5 atom stereocenters. The second-order valence-electron chi connectivity index (χ2n) is 2.93. The van der Waals surface area contributed by atoms with Crippen LogP contribution in [0.1, 0.15) is 0 Å². The van der Waals surface area contributed by atoms with Crippen LogP contribution in [-0.2, 0) is 9.47 Å². The van der Waals surface area contributed by atoms with E-state index in [1.165, 1.54) is 7.11 Å². The molecule has 0 saturated carbocycles. The van der Waals surface area contributed by atoms with Crippen molar-refractivity contribution in [2.24, 2.45) is 0 Å². The second-order valence-corrected chi connectivity index (χ2v) is 2.93. The van der Waals surface area contributed by atoms with E-state index in [1.54, 1.807) is 0 Å². The average Bonchev–Trinajstić information content (AvgIpc) is 2.12. The summed E-state index contributed by atoms with van der Waals surface area (Å²) in [6, 6.07) is 0. The van der Waals surface area contributed by atoms with Gasteiger partial charge in [-0.3, -0.25) is 0 Å². The molecule has 0 aliphatic carbocycles. The molecule has 0 aromatic heterocycles. The lowest BCUT2D eigenvalue weighted by atomic mass is 9.99. The summed E-state index contributed by atoms with van der Waals surface area (Å²) in [5.41, 5.74) is 0. The molecule has 1 fully saturated rings. The van der Waals surface area contributed by atoms with Crippen LogP contribution in [0, 0.1) is 0 Å². The first kappa shape index (κ1) is 10.8. The van der Waals surface area contributed by atoms with E-state index in [0.717, 1.165) is 0 Å². The van der Waals surface area contributed by atoms with Gasteiger partial charge in [-0.1, -0.05) is 0 Å². The Morgan fingerprint density at radius 1 is 1.23 bits per heavy atom. The fourth-order valence-electron chi connectivity index (χ4n) is 1.35. The molecule has 1 rings (SSSR count). The van der Waals surface area contributed by atoms with Gasteiger partial charge in [0, 0.05) is 7.11 Å². The Morgan fingerprint density at radius 3 is 2.31 bits per heavy atom. The zero-order valence-corrected chi connectivity index (χ0v) is 7.20. The van der Waals surface area contributed by atoms with Crippen molar-refractivity contribution >= 4 is 0 Å². The summed E-state index contributed by atoms with van der Waals surface area (Å²) in [7, 11) is 1.30. The fourth-order valence-corrected chi connectivity index (χ4v) is 1.35. The molecule has 1 saturated heterocycles. The monoisotopic (exact) mass is 194 g/mol. The zero-order chi connectivity index (χ0) is 10.0. The topological polar surface area (TPSA) is 99.4 Å². The van der Waals surface area contributed by atoms with Crippen molar-refractivity contribution in [2.45, 2.75) is 30.7 Å². The molecular formula is C7H14O6. The highest BCUT2D eigenvalue weighted by molar-refractivity contribution is 4.89. The van der Waals surface area contributed by atoms with E-state index in [0.29, 0.717) is 0 Å². The zero-order valence-electron chi connectivity index (χ0n) is 7.20. The first-order valence-electron chi connectivity index (χ1n) is 3.95. The van der Waals surface area contributed by atoms with E-state index in [4.69, 9.17) is 19.7 Å². The number of ether oxygens (including phenoxy) is 2. The maximum absolute atomic E-state index is 9.44. The highest BCUT2D eigenvalue weighted by Crippen LogP contribution is 2.21. The van der Waals surface area contributed by atoms with Crippen LogP contribution < -0.4 is 0 Å². The molecule has 1 heterocycles. The number of hydrogen-bond donors (Lipinski definition) is 4. The van der Waals surface area contributed by atoms with Crippen molar-refractivity contribution in [3.05, 3.63) is 0 Å². The quantitative estimate of drug-likeness (QED) is 0.386. The molecule has 0 aromatic carbocycles. The van der Waals surface area contributed by atoms with E-state index < -0.39 is 37.3 Å². The molecule has 0 radical (unpaired) electrons. The third-order valence-corrected chi connectivity index (χ3v) is 2.11. The van der Waals surface area contributed by atoms with Crippen molar-refractivity contribution < 1.29 is 29.9 Å². The van der Waals surface area contributed by atoms with Gasteiger partial charge in [0.2, 0.25) is 0 Å². The molecule has 0 amide bonds. The van der Waals surface area contributed by atoms with Gasteiger partial charge in [0.1, 0.15) is 24.4 Å². The molecule has 13 heavy (non-hydrogen) atoms. The molecule has 78 valence electrons. The van der Waals surface area contributed by atoms with Gasteiger partial charge in [-0.15, -0.1) is 0 Å². The number of methoxy groups -OCH3 is 1. The lowest BCUT2D eigenvalue weighted by Gasteiger charge is -2.39. The van der Waals surface area contributed by atoms with Gasteiger partial charge >= 0.3 is 0 Å². The van der Waals surface area contributed by atoms with Gasteiger partial charge in [-0.25, -0.2) is 0 Å². The Hall–Kier alpha value is -0.240. The van der Waals surface area contributed by atoms with Crippen molar-refractivity contribution in [3.8, 4) is 0 Å². The van der Waals surface area contributed by atoms with Crippen LogP contribution in [0.2, 0.25) is 0 Å². The van der Waals surface area contributed by atoms with Crippen molar-refractivity contribution in [1.82, 2.24) is 0 Å². The van der Waals surface area contributed by atoms with Crippen molar-refractivity contribution in [1.29, 1.82) is 0 Å². The molecule has 6 heteroatoms. The number of rotatable bonds is 2. The third-order valence-electron chi connectivity index (χ3n) is 2.11. The standard InChI is InChI=1S/C7H14O6/c1-12-6-4(9)3(2-8)13-7(11)5(6)10/h3-11H,2H2,1H3/t3?,4-,5?,6-,7-/m1/s1. The minimum absolute atomic E-state index is 0.440. The Balaban J connectivity index is 2.69. The van der Waals surface area contributed by atoms with Crippen LogP contribution in [-0.4, -0.2) is 64.8 Å². The van der Waals surface area contributed by atoms with Gasteiger partial charge in [0.05, 0.1) is 6.61 Å². The molecule has 0 spiro atoms. The Morgan fingerprint density at radius 2 is 1.85 bits per heavy atom. The molecule has 0 bridgehead atoms. The number of aliphatic hydroxyl groups excluding tert-OH is 4. The molecule has 0 aromatic rings. The SMILES string of the molecule is CO[C@H]1C(O)[C@H](O)OC(CO)[C@H]1O. The molecule has 1 aliphatic rings. The maximum atomic E-state index is 9.44.